The van der Waals surface area contributed by atoms with Gasteiger partial charge in [-0.15, -0.1) is 0 Å². The van der Waals surface area contributed by atoms with Crippen LogP contribution >= 0.6 is 22.7 Å². The zero-order chi connectivity index (χ0) is 17.6. The van der Waals surface area contributed by atoms with Gasteiger partial charge in [0, 0.05) is 12.1 Å². The zero-order valence-corrected chi connectivity index (χ0v) is 16.0. The summed E-state index contributed by atoms with van der Waals surface area (Å²) in [4.78, 5) is 9.37. The number of aryl methyl sites for hydroxylation is 2. The van der Waals surface area contributed by atoms with Crippen molar-refractivity contribution >= 4 is 53.4 Å². The average Bonchev–Trinajstić information content (AvgIpc) is 3.20. The summed E-state index contributed by atoms with van der Waals surface area (Å²) in [5, 5.41) is 4.99. The molecule has 0 fully saturated rings. The minimum Gasteiger partial charge on any atom is -0.493 e. The summed E-state index contributed by atoms with van der Waals surface area (Å²) in [5.74, 6) is 1.38. The smallest absolute Gasteiger partial charge is 0.190 e. The number of rotatable bonds is 4. The van der Waals surface area contributed by atoms with Crippen molar-refractivity contribution in [3.63, 3.8) is 0 Å². The van der Waals surface area contributed by atoms with Crippen LogP contribution < -0.4 is 14.8 Å². The SMILES string of the molecule is COc1cc2nc(Nc3nc4c(C)c(C)ccc4s3)sc2cc1OC. The molecule has 0 saturated carbocycles. The van der Waals surface area contributed by atoms with Crippen molar-refractivity contribution in [3.8, 4) is 11.5 Å². The molecule has 0 radical (unpaired) electrons. The number of nitrogens with zero attached hydrogens (tertiary/aromatic N) is 2. The maximum Gasteiger partial charge on any atom is 0.190 e. The van der Waals surface area contributed by atoms with Crippen LogP contribution in [0.2, 0.25) is 0 Å². The van der Waals surface area contributed by atoms with E-state index in [9.17, 15) is 0 Å². The Morgan fingerprint density at radius 2 is 1.56 bits per heavy atom. The third kappa shape index (κ3) is 2.79. The summed E-state index contributed by atoms with van der Waals surface area (Å²) in [6.45, 7) is 4.22. The topological polar surface area (TPSA) is 56.3 Å². The second-order valence-corrected chi connectivity index (χ2v) is 7.75. The Morgan fingerprint density at radius 3 is 2.32 bits per heavy atom. The number of benzene rings is 2. The normalized spacial score (nSPS) is 11.2. The number of hydrogen-bond donors (Lipinski definition) is 1. The van der Waals surface area contributed by atoms with Crippen LogP contribution in [0.5, 0.6) is 11.5 Å². The number of ether oxygens (including phenoxy) is 2. The van der Waals surface area contributed by atoms with E-state index in [1.54, 1.807) is 36.9 Å². The Hall–Kier alpha value is -2.38. The first kappa shape index (κ1) is 16.1. The second kappa shape index (κ2) is 6.16. The fraction of sp³-hybridized carbons (Fsp3) is 0.222. The van der Waals surface area contributed by atoms with Crippen molar-refractivity contribution in [2.75, 3.05) is 19.5 Å². The van der Waals surface area contributed by atoms with Gasteiger partial charge in [0.1, 0.15) is 0 Å². The van der Waals surface area contributed by atoms with Crippen molar-refractivity contribution in [2.24, 2.45) is 0 Å². The summed E-state index contributed by atoms with van der Waals surface area (Å²) in [6, 6.07) is 8.09. The van der Waals surface area contributed by atoms with Gasteiger partial charge in [-0.25, -0.2) is 9.97 Å². The Kier molecular flexibility index (Phi) is 3.97. The molecule has 5 nitrogen and oxygen atoms in total. The lowest BCUT2D eigenvalue weighted by Crippen LogP contribution is -1.90. The maximum atomic E-state index is 5.36. The molecule has 0 atom stereocenters. The first-order chi connectivity index (χ1) is 12.1. The van der Waals surface area contributed by atoms with Gasteiger partial charge in [-0.1, -0.05) is 28.7 Å². The zero-order valence-electron chi connectivity index (χ0n) is 14.3. The number of thiazole rings is 2. The molecule has 2 aromatic heterocycles. The molecular formula is C18H17N3O2S2. The van der Waals surface area contributed by atoms with Gasteiger partial charge in [0.05, 0.1) is 34.7 Å². The highest BCUT2D eigenvalue weighted by molar-refractivity contribution is 7.24. The molecule has 4 aromatic rings. The molecule has 0 aliphatic heterocycles. The van der Waals surface area contributed by atoms with Crippen molar-refractivity contribution in [3.05, 3.63) is 35.4 Å². The Bertz CT molecular complexity index is 1040. The third-order valence-electron chi connectivity index (χ3n) is 4.19. The molecule has 128 valence electrons. The highest BCUT2D eigenvalue weighted by atomic mass is 32.1. The molecule has 0 aliphatic carbocycles. The van der Waals surface area contributed by atoms with Crippen LogP contribution in [0, 0.1) is 13.8 Å². The van der Waals surface area contributed by atoms with Crippen LogP contribution in [-0.4, -0.2) is 24.2 Å². The number of fused-ring (bicyclic) bond motifs is 2. The van der Waals surface area contributed by atoms with Crippen molar-refractivity contribution in [1.82, 2.24) is 9.97 Å². The van der Waals surface area contributed by atoms with Crippen molar-refractivity contribution in [2.45, 2.75) is 13.8 Å². The first-order valence-corrected chi connectivity index (χ1v) is 9.38. The summed E-state index contributed by atoms with van der Waals surface area (Å²) < 4.78 is 12.9. The maximum absolute atomic E-state index is 5.36. The van der Waals surface area contributed by atoms with Crippen molar-refractivity contribution in [1.29, 1.82) is 0 Å². The van der Waals surface area contributed by atoms with E-state index in [-0.39, 0.29) is 0 Å². The molecule has 1 N–H and O–H groups in total. The fourth-order valence-corrected chi connectivity index (χ4v) is 4.54. The van der Waals surface area contributed by atoms with Gasteiger partial charge in [-0.05, 0) is 31.0 Å². The molecule has 0 bridgehead atoms. The predicted molar refractivity (Wildman–Crippen MR) is 105 cm³/mol. The van der Waals surface area contributed by atoms with Gasteiger partial charge in [0.15, 0.2) is 21.8 Å². The van der Waals surface area contributed by atoms with E-state index in [1.807, 2.05) is 12.1 Å². The minimum absolute atomic E-state index is 0.679. The molecule has 0 spiro atoms. The molecule has 0 saturated heterocycles. The van der Waals surface area contributed by atoms with E-state index in [4.69, 9.17) is 14.5 Å². The molecule has 7 heteroatoms. The van der Waals surface area contributed by atoms with Crippen LogP contribution in [0.3, 0.4) is 0 Å². The van der Waals surface area contributed by atoms with Crippen molar-refractivity contribution < 1.29 is 9.47 Å². The lowest BCUT2D eigenvalue weighted by Gasteiger charge is -2.05. The number of hydrogen-bond acceptors (Lipinski definition) is 7. The van der Waals surface area contributed by atoms with Gasteiger partial charge < -0.3 is 14.8 Å². The molecule has 2 heterocycles. The van der Waals surface area contributed by atoms with E-state index in [2.05, 4.69) is 36.3 Å². The number of methoxy groups -OCH3 is 2. The van der Waals surface area contributed by atoms with Gasteiger partial charge in [0.2, 0.25) is 0 Å². The quantitative estimate of drug-likeness (QED) is 0.529. The summed E-state index contributed by atoms with van der Waals surface area (Å²) in [6.07, 6.45) is 0. The number of nitrogens with one attached hydrogen (secondary N) is 1. The lowest BCUT2D eigenvalue weighted by atomic mass is 10.1. The van der Waals surface area contributed by atoms with Crippen LogP contribution in [-0.2, 0) is 0 Å². The highest BCUT2D eigenvalue weighted by Crippen LogP contribution is 2.38. The van der Waals surface area contributed by atoms with E-state index in [1.165, 1.54) is 15.8 Å². The van der Waals surface area contributed by atoms with E-state index >= 15 is 0 Å². The van der Waals surface area contributed by atoms with Crippen LogP contribution in [0.15, 0.2) is 24.3 Å². The molecule has 2 aromatic carbocycles. The second-order valence-electron chi connectivity index (χ2n) is 5.69. The predicted octanol–water partition coefficient (Wildman–Crippen LogP) is 5.28. The van der Waals surface area contributed by atoms with Crippen LogP contribution in [0.4, 0.5) is 10.3 Å². The van der Waals surface area contributed by atoms with Gasteiger partial charge >= 0.3 is 0 Å². The fourth-order valence-electron chi connectivity index (χ4n) is 2.68. The molecule has 25 heavy (non-hydrogen) atoms. The van der Waals surface area contributed by atoms with Crippen LogP contribution in [0.25, 0.3) is 20.4 Å². The summed E-state index contributed by atoms with van der Waals surface area (Å²) in [5.41, 5.74) is 4.40. The highest BCUT2D eigenvalue weighted by Gasteiger charge is 2.13. The molecule has 0 unspecified atom stereocenters. The van der Waals surface area contributed by atoms with Gasteiger partial charge in [-0.3, -0.25) is 0 Å². The van der Waals surface area contributed by atoms with Crippen LogP contribution in [0.1, 0.15) is 11.1 Å². The summed E-state index contributed by atoms with van der Waals surface area (Å²) in [7, 11) is 3.26. The molecule has 0 aliphatic rings. The summed E-state index contributed by atoms with van der Waals surface area (Å²) >= 11 is 3.20. The average molecular weight is 371 g/mol. The monoisotopic (exact) mass is 371 g/mol. The molecule has 0 amide bonds. The minimum atomic E-state index is 0.679. The Labute approximate surface area is 153 Å². The standard InChI is InChI=1S/C18H17N3O2S2/c1-9-5-6-14-16(10(9)2)20-18(24-14)21-17-19-11-7-12(22-3)13(23-4)8-15(11)25-17/h5-8H,1-4H3,(H,19,20,21). The largest absolute Gasteiger partial charge is 0.493 e. The molecule has 4 rings (SSSR count). The van der Waals surface area contributed by atoms with E-state index in [0.717, 1.165) is 26.0 Å². The third-order valence-corrected chi connectivity index (χ3v) is 6.06. The lowest BCUT2D eigenvalue weighted by molar-refractivity contribution is 0.356. The number of anilines is 2. The Balaban J connectivity index is 1.72. The number of aromatic nitrogens is 2. The first-order valence-electron chi connectivity index (χ1n) is 7.75. The van der Waals surface area contributed by atoms with E-state index < -0.39 is 0 Å². The van der Waals surface area contributed by atoms with E-state index in [0.29, 0.717) is 11.5 Å². The van der Waals surface area contributed by atoms with Gasteiger partial charge in [-0.2, -0.15) is 0 Å². The van der Waals surface area contributed by atoms with Gasteiger partial charge in [0.25, 0.3) is 0 Å². The molecular weight excluding hydrogens is 354 g/mol. The Morgan fingerprint density at radius 1 is 0.880 bits per heavy atom.